The van der Waals surface area contributed by atoms with Crippen LogP contribution < -0.4 is 0 Å². The third-order valence-electron chi connectivity index (χ3n) is 11.1. The predicted octanol–water partition coefficient (Wildman–Crippen LogP) is 11.4. The number of nitriles is 1. The Morgan fingerprint density at radius 3 is 1.94 bits per heavy atom. The van der Waals surface area contributed by atoms with E-state index in [4.69, 9.17) is 19.4 Å². The molecule has 1 unspecified atom stereocenters. The van der Waals surface area contributed by atoms with Gasteiger partial charge in [-0.25, -0.2) is 15.0 Å². The Hall–Kier alpha value is -5.60. The van der Waals surface area contributed by atoms with Gasteiger partial charge in [0, 0.05) is 27.5 Å². The fraction of sp³-hybridized carbons (Fsp3) is 0.244. The molecule has 2 heterocycles. The van der Waals surface area contributed by atoms with Gasteiger partial charge in [-0.05, 0) is 102 Å². The molecular formula is C45H38N4O. The first kappa shape index (κ1) is 30.5. The largest absolute Gasteiger partial charge is 0.455 e. The van der Waals surface area contributed by atoms with Crippen molar-refractivity contribution in [1.29, 1.82) is 5.26 Å². The standard InChI is InChI=1S/C45H38N4O/c1-28-20-30-21-29(2)25-45(24-28,26-30)37-17-14-32(15-18-37)42-47-43(34-11-6-10-33(22-34)31-8-4-3-5-9-31)49-44(48-42)35-16-19-40-39(23-35)38-13-7-12-36(27-46)41(38)50-40/h3-19,22-23,28-30H,20-21,24-26H2,1-2H3/t28-,29+,30-,45?. The molecule has 0 spiro atoms. The number of aromatic nitrogens is 3. The van der Waals surface area contributed by atoms with Gasteiger partial charge in [0.25, 0.3) is 0 Å². The van der Waals surface area contributed by atoms with Crippen LogP contribution >= 0.6 is 0 Å². The van der Waals surface area contributed by atoms with E-state index in [1.54, 1.807) is 6.07 Å². The van der Waals surface area contributed by atoms with Crippen molar-refractivity contribution >= 4 is 21.9 Å². The highest BCUT2D eigenvalue weighted by Gasteiger charge is 2.45. The van der Waals surface area contributed by atoms with Crippen molar-refractivity contribution in [2.24, 2.45) is 17.8 Å². The summed E-state index contributed by atoms with van der Waals surface area (Å²) < 4.78 is 6.13. The van der Waals surface area contributed by atoms with Gasteiger partial charge in [0.15, 0.2) is 23.1 Å². The Bertz CT molecular complexity index is 2400. The van der Waals surface area contributed by atoms with Gasteiger partial charge in [-0.15, -0.1) is 0 Å². The highest BCUT2D eigenvalue weighted by Crippen LogP contribution is 2.54. The van der Waals surface area contributed by atoms with Crippen LogP contribution in [0.25, 0.3) is 67.2 Å². The van der Waals surface area contributed by atoms with Gasteiger partial charge in [0.1, 0.15) is 11.7 Å². The molecule has 2 aromatic heterocycles. The van der Waals surface area contributed by atoms with Crippen LogP contribution in [0.3, 0.4) is 0 Å². The zero-order valence-corrected chi connectivity index (χ0v) is 28.4. The molecule has 0 radical (unpaired) electrons. The van der Waals surface area contributed by atoms with E-state index in [1.807, 2.05) is 30.3 Å². The average molecular weight is 651 g/mol. The van der Waals surface area contributed by atoms with Gasteiger partial charge in [0.2, 0.25) is 0 Å². The SMILES string of the molecule is C[C@@H]1C[C@@H]2C[C@H](C)CC(c3ccc(-c4nc(-c5cccc(-c6ccccc6)c5)nc(-c5ccc6oc7c(C#N)cccc7c6c5)n4)cc3)(C1)C2. The molecule has 50 heavy (non-hydrogen) atoms. The normalized spacial score (nSPS) is 21.7. The monoisotopic (exact) mass is 650 g/mol. The second kappa shape index (κ2) is 12.1. The number of furan rings is 1. The zero-order chi connectivity index (χ0) is 33.8. The number of nitrogens with zero attached hydrogens (tertiary/aromatic N) is 4. The summed E-state index contributed by atoms with van der Waals surface area (Å²) in [5, 5.41) is 11.5. The minimum absolute atomic E-state index is 0.264. The average Bonchev–Trinajstić information content (AvgIpc) is 3.53. The lowest BCUT2D eigenvalue weighted by Crippen LogP contribution is -2.42. The second-order valence-corrected chi connectivity index (χ2v) is 14.9. The third kappa shape index (κ3) is 5.36. The van der Waals surface area contributed by atoms with Crippen molar-refractivity contribution in [1.82, 2.24) is 15.0 Å². The van der Waals surface area contributed by atoms with E-state index < -0.39 is 0 Å². The topological polar surface area (TPSA) is 75.6 Å². The van der Waals surface area contributed by atoms with Gasteiger partial charge in [-0.1, -0.05) is 98.8 Å². The summed E-state index contributed by atoms with van der Waals surface area (Å²) in [6.45, 7) is 4.89. The first-order valence-electron chi connectivity index (χ1n) is 17.8. The molecule has 2 aliphatic rings. The maximum absolute atomic E-state index is 9.68. The van der Waals surface area contributed by atoms with E-state index in [0.29, 0.717) is 28.6 Å². The van der Waals surface area contributed by atoms with Gasteiger partial charge >= 0.3 is 0 Å². The van der Waals surface area contributed by atoms with Crippen LogP contribution in [0.2, 0.25) is 0 Å². The van der Waals surface area contributed by atoms with Crippen LogP contribution in [0.15, 0.2) is 120 Å². The number of fused-ring (bicyclic) bond motifs is 5. The van der Waals surface area contributed by atoms with Crippen molar-refractivity contribution in [3.8, 4) is 51.4 Å². The van der Waals surface area contributed by atoms with Gasteiger partial charge < -0.3 is 4.42 Å². The fourth-order valence-electron chi connectivity index (χ4n) is 9.29. The van der Waals surface area contributed by atoms with E-state index in [-0.39, 0.29) is 5.41 Å². The van der Waals surface area contributed by atoms with E-state index >= 15 is 0 Å². The molecule has 5 nitrogen and oxygen atoms in total. The highest BCUT2D eigenvalue weighted by atomic mass is 16.3. The predicted molar refractivity (Wildman–Crippen MR) is 200 cm³/mol. The molecule has 2 bridgehead atoms. The summed E-state index contributed by atoms with van der Waals surface area (Å²) in [7, 11) is 0. The molecule has 0 aliphatic heterocycles. The van der Waals surface area contributed by atoms with Crippen LogP contribution in [0, 0.1) is 29.1 Å². The molecule has 0 amide bonds. The van der Waals surface area contributed by atoms with E-state index in [9.17, 15) is 5.26 Å². The van der Waals surface area contributed by atoms with E-state index in [0.717, 1.165) is 61.9 Å². The number of hydrogen-bond acceptors (Lipinski definition) is 5. The first-order chi connectivity index (χ1) is 24.4. The smallest absolute Gasteiger partial charge is 0.164 e. The Kier molecular flexibility index (Phi) is 7.35. The highest BCUT2D eigenvalue weighted by molar-refractivity contribution is 6.07. The van der Waals surface area contributed by atoms with E-state index in [1.165, 1.54) is 37.7 Å². The molecule has 9 rings (SSSR count). The molecule has 2 fully saturated rings. The Morgan fingerprint density at radius 2 is 1.22 bits per heavy atom. The minimum atomic E-state index is 0.264. The summed E-state index contributed by atoms with van der Waals surface area (Å²) in [6, 6.07) is 41.9. The molecule has 0 saturated heterocycles. The lowest BCUT2D eigenvalue weighted by atomic mass is 9.54. The van der Waals surface area contributed by atoms with E-state index in [2.05, 4.69) is 98.8 Å². The van der Waals surface area contributed by atoms with Crippen LogP contribution in [-0.4, -0.2) is 15.0 Å². The molecule has 4 atom stereocenters. The molecule has 0 N–H and O–H groups in total. The van der Waals surface area contributed by atoms with Crippen LogP contribution in [0.4, 0.5) is 0 Å². The lowest BCUT2D eigenvalue weighted by Gasteiger charge is -2.50. The summed E-state index contributed by atoms with van der Waals surface area (Å²) >= 11 is 0. The maximum Gasteiger partial charge on any atom is 0.164 e. The molecule has 5 aromatic carbocycles. The van der Waals surface area contributed by atoms with Gasteiger partial charge in [-0.2, -0.15) is 5.26 Å². The van der Waals surface area contributed by atoms with Crippen LogP contribution in [-0.2, 0) is 5.41 Å². The van der Waals surface area contributed by atoms with Crippen LogP contribution in [0.1, 0.15) is 57.1 Å². The molecular weight excluding hydrogens is 613 g/mol. The zero-order valence-electron chi connectivity index (χ0n) is 28.4. The summed E-state index contributed by atoms with van der Waals surface area (Å²) in [4.78, 5) is 15.3. The molecule has 244 valence electrons. The lowest BCUT2D eigenvalue weighted by molar-refractivity contribution is 0.0780. The van der Waals surface area contributed by atoms with Crippen LogP contribution in [0.5, 0.6) is 0 Å². The van der Waals surface area contributed by atoms with Crippen molar-refractivity contribution in [3.05, 3.63) is 126 Å². The Labute approximate surface area is 292 Å². The third-order valence-corrected chi connectivity index (χ3v) is 11.1. The Morgan fingerprint density at radius 1 is 0.600 bits per heavy atom. The fourth-order valence-corrected chi connectivity index (χ4v) is 9.29. The van der Waals surface area contributed by atoms with Crippen molar-refractivity contribution < 1.29 is 4.42 Å². The summed E-state index contributed by atoms with van der Waals surface area (Å²) in [6.07, 6.45) is 6.58. The van der Waals surface area contributed by atoms with Crippen molar-refractivity contribution in [3.63, 3.8) is 0 Å². The summed E-state index contributed by atoms with van der Waals surface area (Å²) in [5.74, 6) is 4.22. The quantitative estimate of drug-likeness (QED) is 0.185. The minimum Gasteiger partial charge on any atom is -0.455 e. The second-order valence-electron chi connectivity index (χ2n) is 14.9. The summed E-state index contributed by atoms with van der Waals surface area (Å²) in [5.41, 5.74) is 8.59. The number of hydrogen-bond donors (Lipinski definition) is 0. The molecule has 2 saturated carbocycles. The molecule has 5 heteroatoms. The van der Waals surface area contributed by atoms with Gasteiger partial charge in [-0.3, -0.25) is 0 Å². The number of benzene rings is 5. The maximum atomic E-state index is 9.68. The Balaban J connectivity index is 1.17. The number of para-hydroxylation sites is 1. The first-order valence-corrected chi connectivity index (χ1v) is 17.8. The van der Waals surface area contributed by atoms with Crippen molar-refractivity contribution in [2.45, 2.75) is 51.4 Å². The van der Waals surface area contributed by atoms with Gasteiger partial charge in [0.05, 0.1) is 5.56 Å². The molecule has 7 aromatic rings. The number of rotatable bonds is 5. The molecule has 2 aliphatic carbocycles. The van der Waals surface area contributed by atoms with Crippen molar-refractivity contribution in [2.75, 3.05) is 0 Å².